The van der Waals surface area contributed by atoms with E-state index >= 15 is 0 Å². The van der Waals surface area contributed by atoms with Crippen LogP contribution in [0.4, 0.5) is 5.69 Å². The lowest BCUT2D eigenvalue weighted by Crippen LogP contribution is -2.13. The van der Waals surface area contributed by atoms with Crippen molar-refractivity contribution >= 4 is 16.6 Å². The fourth-order valence-corrected chi connectivity index (χ4v) is 5.02. The van der Waals surface area contributed by atoms with E-state index in [1.807, 2.05) is 0 Å². The molecule has 0 aliphatic heterocycles. The maximum atomic E-state index is 4.35. The third kappa shape index (κ3) is 2.31. The molecule has 2 heteroatoms. The van der Waals surface area contributed by atoms with E-state index in [-0.39, 0.29) is 0 Å². The number of benzene rings is 1. The van der Waals surface area contributed by atoms with Gasteiger partial charge in [-0.3, -0.25) is 0 Å². The van der Waals surface area contributed by atoms with Gasteiger partial charge in [0.2, 0.25) is 0 Å². The molecule has 2 aromatic rings. The molecule has 0 radical (unpaired) electrons. The molecule has 3 saturated carbocycles. The SMILES string of the molecule is C=C(Nc1c[nH]c2ccc(CC3CCC3)cc12)C1C2CCCC21. The molecule has 1 aromatic carbocycles. The average Bonchev–Trinajstić information content (AvgIpc) is 2.85. The number of aromatic nitrogens is 1. The maximum Gasteiger partial charge on any atom is 0.0639 e. The number of rotatable bonds is 5. The van der Waals surface area contributed by atoms with Crippen LogP contribution in [0.15, 0.2) is 36.7 Å². The van der Waals surface area contributed by atoms with Crippen LogP contribution in [0.2, 0.25) is 0 Å². The smallest absolute Gasteiger partial charge is 0.0639 e. The Morgan fingerprint density at radius 3 is 2.65 bits per heavy atom. The van der Waals surface area contributed by atoms with Crippen LogP contribution >= 0.6 is 0 Å². The zero-order valence-corrected chi connectivity index (χ0v) is 13.8. The Kier molecular flexibility index (Phi) is 3.07. The normalized spacial score (nSPS) is 29.3. The highest BCUT2D eigenvalue weighted by Gasteiger charge is 2.53. The predicted molar refractivity (Wildman–Crippen MR) is 96.4 cm³/mol. The second kappa shape index (κ2) is 5.15. The first-order chi connectivity index (χ1) is 11.3. The molecule has 2 atom stereocenters. The molecule has 1 aromatic heterocycles. The lowest BCUT2D eigenvalue weighted by atomic mass is 9.81. The highest BCUT2D eigenvalue weighted by atomic mass is 14.9. The number of nitrogens with one attached hydrogen (secondary N) is 2. The van der Waals surface area contributed by atoms with Gasteiger partial charge in [-0.25, -0.2) is 0 Å². The van der Waals surface area contributed by atoms with E-state index in [0.717, 1.165) is 23.7 Å². The Morgan fingerprint density at radius 1 is 1.13 bits per heavy atom. The highest BCUT2D eigenvalue weighted by molar-refractivity contribution is 5.93. The summed E-state index contributed by atoms with van der Waals surface area (Å²) in [5.74, 6) is 3.50. The van der Waals surface area contributed by atoms with Gasteiger partial charge in [0.25, 0.3) is 0 Å². The van der Waals surface area contributed by atoms with E-state index in [1.54, 1.807) is 0 Å². The topological polar surface area (TPSA) is 27.8 Å². The fraction of sp³-hybridized carbons (Fsp3) is 0.524. The van der Waals surface area contributed by atoms with E-state index < -0.39 is 0 Å². The monoisotopic (exact) mass is 306 g/mol. The van der Waals surface area contributed by atoms with Gasteiger partial charge in [0.05, 0.1) is 5.69 Å². The molecule has 0 amide bonds. The summed E-state index contributed by atoms with van der Waals surface area (Å²) in [4.78, 5) is 3.41. The number of H-pyrrole nitrogens is 1. The maximum absolute atomic E-state index is 4.35. The van der Waals surface area contributed by atoms with Crippen molar-refractivity contribution in [1.29, 1.82) is 0 Å². The second-order valence-corrected chi connectivity index (χ2v) is 8.02. The lowest BCUT2D eigenvalue weighted by molar-refractivity contribution is 0.314. The van der Waals surface area contributed by atoms with Crippen molar-refractivity contribution in [3.63, 3.8) is 0 Å². The molecule has 23 heavy (non-hydrogen) atoms. The third-order valence-electron chi connectivity index (χ3n) is 6.60. The molecule has 0 bridgehead atoms. The zero-order valence-electron chi connectivity index (χ0n) is 13.8. The zero-order chi connectivity index (χ0) is 15.4. The van der Waals surface area contributed by atoms with E-state index in [2.05, 4.69) is 41.3 Å². The molecule has 0 saturated heterocycles. The van der Waals surface area contributed by atoms with Crippen LogP contribution in [0.3, 0.4) is 0 Å². The van der Waals surface area contributed by atoms with Gasteiger partial charge in [0.15, 0.2) is 0 Å². The van der Waals surface area contributed by atoms with Crippen LogP contribution in [0.1, 0.15) is 44.1 Å². The minimum atomic E-state index is 0.729. The second-order valence-electron chi connectivity index (χ2n) is 8.02. The highest BCUT2D eigenvalue weighted by Crippen LogP contribution is 2.60. The Balaban J connectivity index is 1.35. The first-order valence-corrected chi connectivity index (χ1v) is 9.35. The lowest BCUT2D eigenvalue weighted by Gasteiger charge is -2.25. The molecule has 3 fully saturated rings. The third-order valence-corrected chi connectivity index (χ3v) is 6.60. The summed E-state index contributed by atoms with van der Waals surface area (Å²) < 4.78 is 0. The first kappa shape index (κ1) is 13.7. The Bertz CT molecular complexity index is 742. The number of aromatic amines is 1. The number of fused-ring (bicyclic) bond motifs is 2. The molecule has 2 N–H and O–H groups in total. The van der Waals surface area contributed by atoms with Gasteiger partial charge in [-0.05, 0) is 54.7 Å². The summed E-state index contributed by atoms with van der Waals surface area (Å²) in [6.45, 7) is 4.35. The van der Waals surface area contributed by atoms with Crippen LogP contribution in [-0.4, -0.2) is 4.98 Å². The van der Waals surface area contributed by atoms with Gasteiger partial charge in [0.1, 0.15) is 0 Å². The molecule has 3 aliphatic carbocycles. The van der Waals surface area contributed by atoms with Gasteiger partial charge >= 0.3 is 0 Å². The van der Waals surface area contributed by atoms with Gasteiger partial charge in [-0.2, -0.15) is 0 Å². The van der Waals surface area contributed by atoms with Crippen LogP contribution in [0.25, 0.3) is 10.9 Å². The minimum absolute atomic E-state index is 0.729. The summed E-state index contributed by atoms with van der Waals surface area (Å²) in [7, 11) is 0. The van der Waals surface area contributed by atoms with Crippen LogP contribution in [0, 0.1) is 23.7 Å². The van der Waals surface area contributed by atoms with Crippen LogP contribution in [-0.2, 0) is 6.42 Å². The Hall–Kier alpha value is -1.70. The number of allylic oxidation sites excluding steroid dienone is 1. The van der Waals surface area contributed by atoms with Crippen molar-refractivity contribution in [1.82, 2.24) is 4.98 Å². The fourth-order valence-electron chi connectivity index (χ4n) is 5.02. The van der Waals surface area contributed by atoms with Crippen molar-refractivity contribution in [3.8, 4) is 0 Å². The summed E-state index contributed by atoms with van der Waals surface area (Å²) >= 11 is 0. The standard InChI is InChI=1S/C21H26N2/c1-13(21-16-6-3-7-17(16)21)23-20-12-22-19-9-8-15(11-18(19)20)10-14-4-2-5-14/h8-9,11-12,14,16-17,21-23H,1-7,10H2. The van der Waals surface area contributed by atoms with Crippen molar-refractivity contribution in [2.45, 2.75) is 44.9 Å². The Morgan fingerprint density at radius 2 is 1.91 bits per heavy atom. The molecular formula is C21H26N2. The number of hydrogen-bond acceptors (Lipinski definition) is 1. The van der Waals surface area contributed by atoms with Crippen LogP contribution < -0.4 is 5.32 Å². The average molecular weight is 306 g/mol. The molecule has 1 heterocycles. The van der Waals surface area contributed by atoms with Gasteiger partial charge in [-0.15, -0.1) is 0 Å². The van der Waals surface area contributed by atoms with Crippen molar-refractivity contribution in [3.05, 3.63) is 42.2 Å². The van der Waals surface area contributed by atoms with E-state index in [4.69, 9.17) is 0 Å². The summed E-state index contributed by atoms with van der Waals surface area (Å²) in [6, 6.07) is 6.91. The number of hydrogen-bond donors (Lipinski definition) is 2. The van der Waals surface area contributed by atoms with Crippen molar-refractivity contribution in [2.24, 2.45) is 23.7 Å². The largest absolute Gasteiger partial charge is 0.359 e. The van der Waals surface area contributed by atoms with Crippen molar-refractivity contribution < 1.29 is 0 Å². The van der Waals surface area contributed by atoms with E-state index in [0.29, 0.717) is 0 Å². The van der Waals surface area contributed by atoms with E-state index in [1.165, 1.54) is 72.8 Å². The molecule has 2 nitrogen and oxygen atoms in total. The molecule has 120 valence electrons. The van der Waals surface area contributed by atoms with Gasteiger partial charge in [0, 0.05) is 28.7 Å². The molecule has 0 spiro atoms. The summed E-state index contributed by atoms with van der Waals surface area (Å²) in [5.41, 5.74) is 5.17. The Labute approximate surface area is 138 Å². The summed E-state index contributed by atoms with van der Waals surface area (Å²) in [6.07, 6.45) is 11.9. The minimum Gasteiger partial charge on any atom is -0.359 e. The number of anilines is 1. The molecule has 5 rings (SSSR count). The van der Waals surface area contributed by atoms with Gasteiger partial charge in [-0.1, -0.05) is 38.3 Å². The van der Waals surface area contributed by atoms with E-state index in [9.17, 15) is 0 Å². The molecule has 3 aliphatic rings. The molecular weight excluding hydrogens is 280 g/mol. The predicted octanol–water partition coefficient (Wildman–Crippen LogP) is 5.48. The van der Waals surface area contributed by atoms with Gasteiger partial charge < -0.3 is 10.3 Å². The summed E-state index contributed by atoms with van der Waals surface area (Å²) in [5, 5.41) is 4.97. The quantitative estimate of drug-likeness (QED) is 0.752. The van der Waals surface area contributed by atoms with Crippen LogP contribution in [0.5, 0.6) is 0 Å². The first-order valence-electron chi connectivity index (χ1n) is 9.35. The molecule has 2 unspecified atom stereocenters. The van der Waals surface area contributed by atoms with Crippen molar-refractivity contribution in [2.75, 3.05) is 5.32 Å².